The molecule has 1 aromatic heterocycles. The van der Waals surface area contributed by atoms with Gasteiger partial charge < -0.3 is 15.6 Å². The highest BCUT2D eigenvalue weighted by Crippen LogP contribution is 2.20. The molecule has 4 nitrogen and oxygen atoms in total. The highest BCUT2D eigenvalue weighted by Gasteiger charge is 2.06. The number of imidazole rings is 1. The minimum Gasteiger partial charge on any atom is -0.389 e. The molecule has 0 fully saturated rings. The quantitative estimate of drug-likeness (QED) is 0.831. The number of thiocarbonyl (C=S) groups is 1. The van der Waals surface area contributed by atoms with Crippen molar-refractivity contribution in [2.45, 2.75) is 6.42 Å². The summed E-state index contributed by atoms with van der Waals surface area (Å²) in [6, 6.07) is 5.47. The fourth-order valence-electron chi connectivity index (χ4n) is 1.82. The van der Waals surface area contributed by atoms with E-state index in [0.717, 1.165) is 30.0 Å². The van der Waals surface area contributed by atoms with Gasteiger partial charge in [-0.15, -0.1) is 0 Å². The molecule has 0 amide bonds. The Morgan fingerprint density at radius 3 is 2.95 bits per heavy atom. The Morgan fingerprint density at radius 1 is 1.53 bits per heavy atom. The minimum absolute atomic E-state index is 0.335. The molecule has 6 heteroatoms. The molecule has 0 radical (unpaired) electrons. The first kappa shape index (κ1) is 13.8. The molecule has 100 valence electrons. The van der Waals surface area contributed by atoms with Gasteiger partial charge in [0, 0.05) is 48.7 Å². The Balaban J connectivity index is 2.03. The summed E-state index contributed by atoms with van der Waals surface area (Å²) in [6.07, 6.45) is 4.54. The number of rotatable bonds is 5. The van der Waals surface area contributed by atoms with Gasteiger partial charge in [-0.3, -0.25) is 0 Å². The number of benzene rings is 1. The van der Waals surface area contributed by atoms with E-state index in [9.17, 15) is 0 Å². The van der Waals surface area contributed by atoms with Crippen LogP contribution >= 0.6 is 23.8 Å². The van der Waals surface area contributed by atoms with E-state index in [1.165, 1.54) is 0 Å². The Labute approximate surface area is 122 Å². The molecule has 0 unspecified atom stereocenters. The molecule has 0 spiro atoms. The van der Waals surface area contributed by atoms with Crippen molar-refractivity contribution in [3.8, 4) is 0 Å². The molecule has 0 saturated heterocycles. The first-order chi connectivity index (χ1) is 9.08. The van der Waals surface area contributed by atoms with Crippen molar-refractivity contribution in [1.29, 1.82) is 0 Å². The third-order valence-corrected chi connectivity index (χ3v) is 3.29. The average Bonchev–Trinajstić information content (AvgIpc) is 2.77. The second-order valence-electron chi connectivity index (χ2n) is 4.19. The van der Waals surface area contributed by atoms with E-state index >= 15 is 0 Å². The molecule has 0 aliphatic rings. The van der Waals surface area contributed by atoms with Gasteiger partial charge in [0.2, 0.25) is 0 Å². The van der Waals surface area contributed by atoms with Crippen molar-refractivity contribution in [3.05, 3.63) is 47.0 Å². The summed E-state index contributed by atoms with van der Waals surface area (Å²) < 4.78 is 2.00. The lowest BCUT2D eigenvalue weighted by Gasteiger charge is -2.11. The smallest absolute Gasteiger partial charge is 0.110 e. The lowest BCUT2D eigenvalue weighted by atomic mass is 10.1. The van der Waals surface area contributed by atoms with Crippen LogP contribution in [0.15, 0.2) is 30.6 Å². The number of nitrogens with one attached hydrogen (secondary N) is 1. The predicted molar refractivity (Wildman–Crippen MR) is 82.7 cm³/mol. The maximum atomic E-state index is 5.94. The van der Waals surface area contributed by atoms with E-state index in [0.29, 0.717) is 10.0 Å². The van der Waals surface area contributed by atoms with E-state index < -0.39 is 0 Å². The van der Waals surface area contributed by atoms with E-state index in [2.05, 4.69) is 10.3 Å². The second kappa shape index (κ2) is 6.04. The van der Waals surface area contributed by atoms with E-state index in [-0.39, 0.29) is 0 Å². The van der Waals surface area contributed by atoms with Gasteiger partial charge in [0.05, 0.1) is 0 Å². The Bertz CT molecular complexity index is 594. The van der Waals surface area contributed by atoms with Crippen LogP contribution in [-0.4, -0.2) is 21.1 Å². The minimum atomic E-state index is 0.335. The Hall–Kier alpha value is -1.59. The molecule has 0 aliphatic carbocycles. The molecule has 0 atom stereocenters. The lowest BCUT2D eigenvalue weighted by Crippen LogP contribution is -2.15. The number of nitrogens with zero attached hydrogens (tertiary/aromatic N) is 2. The molecule has 2 aromatic rings. The van der Waals surface area contributed by atoms with Crippen LogP contribution in [0, 0.1) is 0 Å². The van der Waals surface area contributed by atoms with Crippen molar-refractivity contribution in [1.82, 2.24) is 9.55 Å². The normalized spacial score (nSPS) is 10.4. The number of nitrogens with two attached hydrogens (primary N) is 1. The van der Waals surface area contributed by atoms with Gasteiger partial charge in [0.15, 0.2) is 0 Å². The first-order valence-electron chi connectivity index (χ1n) is 5.87. The van der Waals surface area contributed by atoms with Crippen molar-refractivity contribution < 1.29 is 0 Å². The summed E-state index contributed by atoms with van der Waals surface area (Å²) in [5, 5.41) is 3.93. The van der Waals surface area contributed by atoms with Crippen LogP contribution in [0.1, 0.15) is 11.4 Å². The number of aryl methyl sites for hydroxylation is 1. The number of aromatic nitrogens is 2. The van der Waals surface area contributed by atoms with Crippen LogP contribution in [-0.2, 0) is 13.5 Å². The standard InChI is InChI=1S/C13H15ClN4S/c1-18-7-6-17-12(18)4-5-16-11-3-2-9(14)8-10(11)13(15)19/h2-3,6-8,16H,4-5H2,1H3,(H2,15,19). The van der Waals surface area contributed by atoms with Crippen LogP contribution in [0.4, 0.5) is 5.69 Å². The highest BCUT2D eigenvalue weighted by molar-refractivity contribution is 7.80. The predicted octanol–water partition coefficient (Wildman–Crippen LogP) is 2.36. The van der Waals surface area contributed by atoms with Crippen molar-refractivity contribution in [2.75, 3.05) is 11.9 Å². The fraction of sp³-hybridized carbons (Fsp3) is 0.231. The van der Waals surface area contributed by atoms with Crippen LogP contribution < -0.4 is 11.1 Å². The van der Waals surface area contributed by atoms with Gasteiger partial charge in [-0.05, 0) is 18.2 Å². The van der Waals surface area contributed by atoms with Crippen molar-refractivity contribution in [2.24, 2.45) is 12.8 Å². The van der Waals surface area contributed by atoms with Gasteiger partial charge in [0.25, 0.3) is 0 Å². The fourth-order valence-corrected chi connectivity index (χ4v) is 2.16. The van der Waals surface area contributed by atoms with E-state index in [1.807, 2.05) is 29.9 Å². The van der Waals surface area contributed by atoms with Gasteiger partial charge in [-0.25, -0.2) is 4.98 Å². The number of hydrogen-bond donors (Lipinski definition) is 2. The highest BCUT2D eigenvalue weighted by atomic mass is 35.5. The molecule has 19 heavy (non-hydrogen) atoms. The molecule has 2 rings (SSSR count). The topological polar surface area (TPSA) is 55.9 Å². The van der Waals surface area contributed by atoms with Crippen LogP contribution in [0.3, 0.4) is 0 Å². The number of hydrogen-bond acceptors (Lipinski definition) is 3. The van der Waals surface area contributed by atoms with Crippen LogP contribution in [0.2, 0.25) is 5.02 Å². The van der Waals surface area contributed by atoms with Crippen molar-refractivity contribution >= 4 is 34.5 Å². The van der Waals surface area contributed by atoms with Gasteiger partial charge >= 0.3 is 0 Å². The molecule has 0 aliphatic heterocycles. The summed E-state index contributed by atoms with van der Waals surface area (Å²) >= 11 is 11.0. The molecule has 1 aromatic carbocycles. The average molecular weight is 295 g/mol. The summed E-state index contributed by atoms with van der Waals surface area (Å²) in [5.74, 6) is 1.03. The first-order valence-corrected chi connectivity index (χ1v) is 6.66. The monoisotopic (exact) mass is 294 g/mol. The maximum Gasteiger partial charge on any atom is 0.110 e. The maximum absolute atomic E-state index is 5.94. The zero-order chi connectivity index (χ0) is 13.8. The third-order valence-electron chi connectivity index (χ3n) is 2.83. The molecule has 0 bridgehead atoms. The van der Waals surface area contributed by atoms with Gasteiger partial charge in [-0.2, -0.15) is 0 Å². The number of anilines is 1. The summed E-state index contributed by atoms with van der Waals surface area (Å²) in [5.41, 5.74) is 7.35. The Morgan fingerprint density at radius 2 is 2.32 bits per heavy atom. The number of halogens is 1. The second-order valence-corrected chi connectivity index (χ2v) is 5.06. The SMILES string of the molecule is Cn1ccnc1CCNc1ccc(Cl)cc1C(N)=S. The van der Waals surface area contributed by atoms with Gasteiger partial charge in [-0.1, -0.05) is 23.8 Å². The molecule has 0 saturated carbocycles. The molecule has 1 heterocycles. The molecule has 3 N–H and O–H groups in total. The van der Waals surface area contributed by atoms with Gasteiger partial charge in [0.1, 0.15) is 10.8 Å². The van der Waals surface area contributed by atoms with Crippen LogP contribution in [0.5, 0.6) is 0 Å². The zero-order valence-electron chi connectivity index (χ0n) is 10.6. The van der Waals surface area contributed by atoms with Crippen molar-refractivity contribution in [3.63, 3.8) is 0 Å². The van der Waals surface area contributed by atoms with E-state index in [1.54, 1.807) is 12.3 Å². The Kier molecular flexibility index (Phi) is 4.39. The largest absolute Gasteiger partial charge is 0.389 e. The summed E-state index contributed by atoms with van der Waals surface area (Å²) in [4.78, 5) is 4.61. The summed E-state index contributed by atoms with van der Waals surface area (Å²) in [6.45, 7) is 0.752. The molecular weight excluding hydrogens is 280 g/mol. The van der Waals surface area contributed by atoms with Crippen LogP contribution in [0.25, 0.3) is 0 Å². The zero-order valence-corrected chi connectivity index (χ0v) is 12.1. The summed E-state index contributed by atoms with van der Waals surface area (Å²) in [7, 11) is 1.98. The third kappa shape index (κ3) is 3.45. The lowest BCUT2D eigenvalue weighted by molar-refractivity contribution is 0.789. The molecular formula is C13H15ClN4S. The van der Waals surface area contributed by atoms with E-state index in [4.69, 9.17) is 29.6 Å².